The maximum absolute atomic E-state index is 13.1. The normalized spacial score (nSPS) is 19.9. The zero-order valence-corrected chi connectivity index (χ0v) is 13.7. The van der Waals surface area contributed by atoms with Crippen LogP contribution in [-0.4, -0.2) is 39.9 Å². The van der Waals surface area contributed by atoms with E-state index in [0.29, 0.717) is 12.2 Å². The monoisotopic (exact) mass is 326 g/mol. The maximum atomic E-state index is 13.1. The van der Waals surface area contributed by atoms with Crippen molar-refractivity contribution in [3.05, 3.63) is 42.0 Å². The first-order chi connectivity index (χ1) is 11.8. The minimum Gasteiger partial charge on any atom is -0.376 e. The Labute approximate surface area is 141 Å². The number of nitrogens with zero attached hydrogens (tertiary/aromatic N) is 4. The molecule has 0 saturated carbocycles. The Hall–Kier alpha value is -2.21. The second-order valence-electron chi connectivity index (χ2n) is 6.46. The van der Waals surface area contributed by atoms with Gasteiger partial charge in [0, 0.05) is 36.9 Å². The molecule has 4 rings (SSSR count). The van der Waals surface area contributed by atoms with E-state index in [1.807, 2.05) is 22.9 Å². The summed E-state index contributed by atoms with van der Waals surface area (Å²) in [6.07, 6.45) is 8.87. The predicted octanol–water partition coefficient (Wildman–Crippen LogP) is 2.44. The molecule has 126 valence electrons. The molecule has 0 spiro atoms. The smallest absolute Gasteiger partial charge is 0.278 e. The summed E-state index contributed by atoms with van der Waals surface area (Å²) in [7, 11) is 0. The largest absolute Gasteiger partial charge is 0.376 e. The van der Waals surface area contributed by atoms with E-state index in [1.54, 1.807) is 17.3 Å². The summed E-state index contributed by atoms with van der Waals surface area (Å²) in [4.78, 5) is 19.0. The topological polar surface area (TPSA) is 60.2 Å². The SMILES string of the molecule is O=C(c1cc2n(n1)CCCC2)N(CC1CCCO1)c1ccncc1. The third-order valence-electron chi connectivity index (χ3n) is 4.77. The molecule has 1 fully saturated rings. The number of fused-ring (bicyclic) bond motifs is 1. The van der Waals surface area contributed by atoms with E-state index in [0.717, 1.165) is 50.2 Å². The van der Waals surface area contributed by atoms with Gasteiger partial charge >= 0.3 is 0 Å². The Morgan fingerprint density at radius 3 is 2.92 bits per heavy atom. The summed E-state index contributed by atoms with van der Waals surface area (Å²) in [6.45, 7) is 2.25. The molecule has 24 heavy (non-hydrogen) atoms. The van der Waals surface area contributed by atoms with Crippen molar-refractivity contribution in [1.29, 1.82) is 0 Å². The number of rotatable bonds is 4. The van der Waals surface area contributed by atoms with Crippen molar-refractivity contribution in [2.45, 2.75) is 44.8 Å². The number of carbonyl (C=O) groups is 1. The minimum absolute atomic E-state index is 0.0569. The van der Waals surface area contributed by atoms with E-state index in [4.69, 9.17) is 4.74 Å². The molecule has 0 bridgehead atoms. The van der Waals surface area contributed by atoms with Gasteiger partial charge in [-0.25, -0.2) is 0 Å². The molecule has 2 aromatic heterocycles. The van der Waals surface area contributed by atoms with Gasteiger partial charge in [0.25, 0.3) is 5.91 Å². The molecule has 2 aliphatic rings. The zero-order valence-electron chi connectivity index (χ0n) is 13.7. The molecule has 1 unspecified atom stereocenters. The lowest BCUT2D eigenvalue weighted by Crippen LogP contribution is -2.37. The average molecular weight is 326 g/mol. The summed E-state index contributed by atoms with van der Waals surface area (Å²) >= 11 is 0. The number of ether oxygens (including phenoxy) is 1. The van der Waals surface area contributed by atoms with E-state index in [1.165, 1.54) is 6.42 Å². The molecule has 1 saturated heterocycles. The summed E-state index contributed by atoms with van der Waals surface area (Å²) in [6, 6.07) is 5.68. The lowest BCUT2D eigenvalue weighted by atomic mass is 10.1. The van der Waals surface area contributed by atoms with Gasteiger partial charge < -0.3 is 9.64 Å². The lowest BCUT2D eigenvalue weighted by Gasteiger charge is -2.24. The molecule has 0 aromatic carbocycles. The standard InChI is InChI=1S/C18H22N4O2/c23-18(17-12-15-4-1-2-10-22(15)20-17)21(13-16-5-3-11-24-16)14-6-8-19-9-7-14/h6-9,12,16H,1-5,10-11,13H2. The second-order valence-corrected chi connectivity index (χ2v) is 6.46. The second kappa shape index (κ2) is 6.73. The van der Waals surface area contributed by atoms with Crippen LogP contribution in [0.2, 0.25) is 0 Å². The van der Waals surface area contributed by atoms with Crippen molar-refractivity contribution in [2.24, 2.45) is 0 Å². The molecule has 4 heterocycles. The fraction of sp³-hybridized carbons (Fsp3) is 0.500. The molecule has 1 amide bonds. The Kier molecular flexibility index (Phi) is 4.30. The first-order valence-electron chi connectivity index (χ1n) is 8.71. The molecule has 0 aliphatic carbocycles. The van der Waals surface area contributed by atoms with Crippen molar-refractivity contribution in [3.63, 3.8) is 0 Å². The van der Waals surface area contributed by atoms with Crippen LogP contribution in [0.4, 0.5) is 5.69 Å². The van der Waals surface area contributed by atoms with Crippen LogP contribution in [0.5, 0.6) is 0 Å². The number of aryl methyl sites for hydroxylation is 2. The van der Waals surface area contributed by atoms with Gasteiger partial charge in [0.15, 0.2) is 5.69 Å². The molecule has 0 N–H and O–H groups in total. The molecule has 6 nitrogen and oxygen atoms in total. The van der Waals surface area contributed by atoms with Crippen LogP contribution < -0.4 is 4.90 Å². The molecule has 6 heteroatoms. The van der Waals surface area contributed by atoms with Crippen LogP contribution in [0, 0.1) is 0 Å². The molecule has 2 aromatic rings. The first-order valence-corrected chi connectivity index (χ1v) is 8.71. The van der Waals surface area contributed by atoms with Crippen molar-refractivity contribution in [2.75, 3.05) is 18.1 Å². The molecule has 0 radical (unpaired) electrons. The summed E-state index contributed by atoms with van der Waals surface area (Å²) in [5.74, 6) is -0.0569. The highest BCUT2D eigenvalue weighted by atomic mass is 16.5. The van der Waals surface area contributed by atoms with Crippen LogP contribution in [0.1, 0.15) is 41.9 Å². The number of hydrogen-bond donors (Lipinski definition) is 0. The van der Waals surface area contributed by atoms with E-state index in [9.17, 15) is 4.79 Å². The van der Waals surface area contributed by atoms with Crippen LogP contribution in [0.25, 0.3) is 0 Å². The van der Waals surface area contributed by atoms with Crippen molar-refractivity contribution >= 4 is 11.6 Å². The Morgan fingerprint density at radius 2 is 2.17 bits per heavy atom. The number of carbonyl (C=O) groups excluding carboxylic acids is 1. The fourth-order valence-corrected chi connectivity index (χ4v) is 3.48. The Balaban J connectivity index is 1.61. The maximum Gasteiger partial charge on any atom is 0.278 e. The fourth-order valence-electron chi connectivity index (χ4n) is 3.48. The average Bonchev–Trinajstić information content (AvgIpc) is 3.29. The van der Waals surface area contributed by atoms with Crippen LogP contribution in [0.15, 0.2) is 30.6 Å². The highest BCUT2D eigenvalue weighted by molar-refractivity contribution is 6.04. The van der Waals surface area contributed by atoms with E-state index in [-0.39, 0.29) is 12.0 Å². The molecular formula is C18H22N4O2. The number of aromatic nitrogens is 3. The van der Waals surface area contributed by atoms with Crippen LogP contribution >= 0.6 is 0 Å². The van der Waals surface area contributed by atoms with Gasteiger partial charge in [-0.3, -0.25) is 14.5 Å². The van der Waals surface area contributed by atoms with Crippen LogP contribution in [0.3, 0.4) is 0 Å². The van der Waals surface area contributed by atoms with Gasteiger partial charge in [-0.2, -0.15) is 5.10 Å². The molecular weight excluding hydrogens is 304 g/mol. The van der Waals surface area contributed by atoms with Gasteiger partial charge in [-0.1, -0.05) is 0 Å². The number of hydrogen-bond acceptors (Lipinski definition) is 4. The lowest BCUT2D eigenvalue weighted by molar-refractivity contribution is 0.0912. The third kappa shape index (κ3) is 3.06. The van der Waals surface area contributed by atoms with E-state index >= 15 is 0 Å². The zero-order chi connectivity index (χ0) is 16.4. The summed E-state index contributed by atoms with van der Waals surface area (Å²) < 4.78 is 7.72. The van der Waals surface area contributed by atoms with Gasteiger partial charge in [0.2, 0.25) is 0 Å². The summed E-state index contributed by atoms with van der Waals surface area (Å²) in [5, 5.41) is 4.54. The highest BCUT2D eigenvalue weighted by Crippen LogP contribution is 2.22. The number of anilines is 1. The quantitative estimate of drug-likeness (QED) is 0.866. The van der Waals surface area contributed by atoms with E-state index < -0.39 is 0 Å². The molecule has 2 aliphatic heterocycles. The van der Waals surface area contributed by atoms with Gasteiger partial charge in [0.05, 0.1) is 12.6 Å². The first kappa shape index (κ1) is 15.3. The number of amides is 1. The highest BCUT2D eigenvalue weighted by Gasteiger charge is 2.27. The van der Waals surface area contributed by atoms with E-state index in [2.05, 4.69) is 10.1 Å². The third-order valence-corrected chi connectivity index (χ3v) is 4.77. The minimum atomic E-state index is -0.0569. The summed E-state index contributed by atoms with van der Waals surface area (Å²) in [5.41, 5.74) is 2.54. The Morgan fingerprint density at radius 1 is 1.29 bits per heavy atom. The Bertz CT molecular complexity index is 684. The van der Waals surface area contributed by atoms with Crippen LogP contribution in [-0.2, 0) is 17.7 Å². The molecule has 1 atom stereocenters. The number of pyridine rings is 1. The van der Waals surface area contributed by atoms with Crippen molar-refractivity contribution < 1.29 is 9.53 Å². The predicted molar refractivity (Wildman–Crippen MR) is 90.1 cm³/mol. The van der Waals surface area contributed by atoms with Gasteiger partial charge in [-0.05, 0) is 50.3 Å². The van der Waals surface area contributed by atoms with Gasteiger partial charge in [-0.15, -0.1) is 0 Å². The van der Waals surface area contributed by atoms with Crippen molar-refractivity contribution in [1.82, 2.24) is 14.8 Å². The van der Waals surface area contributed by atoms with Crippen molar-refractivity contribution in [3.8, 4) is 0 Å². The van der Waals surface area contributed by atoms with Gasteiger partial charge in [0.1, 0.15) is 0 Å².